The van der Waals surface area contributed by atoms with Crippen LogP contribution in [-0.2, 0) is 19.1 Å². The predicted octanol–water partition coefficient (Wildman–Crippen LogP) is 2.45. The lowest BCUT2D eigenvalue weighted by Crippen LogP contribution is -2.32. The van der Waals surface area contributed by atoms with Gasteiger partial charge in [0.25, 0.3) is 10.1 Å². The molecule has 0 N–H and O–H groups in total. The van der Waals surface area contributed by atoms with E-state index >= 15 is 0 Å². The fourth-order valence-electron chi connectivity index (χ4n) is 2.32. The summed E-state index contributed by atoms with van der Waals surface area (Å²) < 4.78 is 26.3. The standard InChI is InChI=1S/C13H22O4S/c1-10-6-8-13(3,12(14)11(10)2)7-5-9-17-18(4,15)16/h5-9H2,1-4H3. The van der Waals surface area contributed by atoms with Crippen LogP contribution in [0.4, 0.5) is 0 Å². The molecule has 1 rings (SSSR count). The summed E-state index contributed by atoms with van der Waals surface area (Å²) in [5.74, 6) is 0.200. The highest BCUT2D eigenvalue weighted by atomic mass is 32.2. The van der Waals surface area contributed by atoms with E-state index in [1.165, 1.54) is 5.57 Å². The summed E-state index contributed by atoms with van der Waals surface area (Å²) in [5.41, 5.74) is 1.68. The van der Waals surface area contributed by atoms with Crippen molar-refractivity contribution in [2.24, 2.45) is 5.41 Å². The zero-order valence-corrected chi connectivity index (χ0v) is 12.4. The Kier molecular flexibility index (Phi) is 4.72. The molecule has 5 heteroatoms. The van der Waals surface area contributed by atoms with Gasteiger partial charge < -0.3 is 0 Å². The second kappa shape index (κ2) is 5.53. The Morgan fingerprint density at radius 3 is 2.50 bits per heavy atom. The normalized spacial score (nSPS) is 25.7. The van der Waals surface area contributed by atoms with Crippen LogP contribution >= 0.6 is 0 Å². The van der Waals surface area contributed by atoms with E-state index in [4.69, 9.17) is 4.18 Å². The van der Waals surface area contributed by atoms with E-state index in [0.717, 1.165) is 24.7 Å². The summed E-state index contributed by atoms with van der Waals surface area (Å²) in [4.78, 5) is 12.2. The molecule has 0 fully saturated rings. The van der Waals surface area contributed by atoms with Gasteiger partial charge in [0.15, 0.2) is 5.78 Å². The number of rotatable bonds is 5. The van der Waals surface area contributed by atoms with Crippen LogP contribution in [0.5, 0.6) is 0 Å². The molecule has 1 aliphatic rings. The third-order valence-corrected chi connectivity index (χ3v) is 4.35. The second-order valence-corrected chi connectivity index (χ2v) is 7.07. The molecule has 0 saturated carbocycles. The van der Waals surface area contributed by atoms with Crippen molar-refractivity contribution in [2.75, 3.05) is 12.9 Å². The van der Waals surface area contributed by atoms with E-state index in [0.29, 0.717) is 12.8 Å². The molecule has 104 valence electrons. The lowest BCUT2D eigenvalue weighted by atomic mass is 9.70. The van der Waals surface area contributed by atoms with E-state index < -0.39 is 10.1 Å². The van der Waals surface area contributed by atoms with Crippen molar-refractivity contribution < 1.29 is 17.4 Å². The summed E-state index contributed by atoms with van der Waals surface area (Å²) in [5, 5.41) is 0. The predicted molar refractivity (Wildman–Crippen MR) is 70.8 cm³/mol. The average Bonchev–Trinajstić information content (AvgIpc) is 2.27. The summed E-state index contributed by atoms with van der Waals surface area (Å²) in [6.45, 7) is 6.00. The molecule has 0 bridgehead atoms. The Labute approximate surface area is 110 Å². The van der Waals surface area contributed by atoms with Gasteiger partial charge >= 0.3 is 0 Å². The monoisotopic (exact) mass is 274 g/mol. The quantitative estimate of drug-likeness (QED) is 0.570. The average molecular weight is 274 g/mol. The van der Waals surface area contributed by atoms with Crippen molar-refractivity contribution in [3.8, 4) is 0 Å². The number of hydrogen-bond donors (Lipinski definition) is 0. The Bertz CT molecular complexity index is 461. The number of carbonyl (C=O) groups is 1. The molecule has 0 heterocycles. The Morgan fingerprint density at radius 1 is 1.33 bits per heavy atom. The third-order valence-electron chi connectivity index (χ3n) is 3.75. The highest BCUT2D eigenvalue weighted by molar-refractivity contribution is 7.85. The van der Waals surface area contributed by atoms with E-state index in [2.05, 4.69) is 0 Å². The molecule has 0 radical (unpaired) electrons. The molecule has 1 aliphatic carbocycles. The Hall–Kier alpha value is -0.680. The maximum Gasteiger partial charge on any atom is 0.264 e. The Balaban J connectivity index is 2.55. The summed E-state index contributed by atoms with van der Waals surface area (Å²) in [7, 11) is -3.37. The Morgan fingerprint density at radius 2 is 1.94 bits per heavy atom. The molecule has 0 aromatic rings. The molecule has 0 spiro atoms. The minimum absolute atomic E-state index is 0.156. The van der Waals surface area contributed by atoms with Gasteiger partial charge in [-0.2, -0.15) is 8.42 Å². The lowest BCUT2D eigenvalue weighted by Gasteiger charge is -2.33. The molecule has 0 aliphatic heterocycles. The first-order valence-electron chi connectivity index (χ1n) is 6.21. The fraction of sp³-hybridized carbons (Fsp3) is 0.769. The minimum Gasteiger partial charge on any atom is -0.294 e. The van der Waals surface area contributed by atoms with Gasteiger partial charge in [-0.25, -0.2) is 0 Å². The van der Waals surface area contributed by atoms with E-state index in [1.54, 1.807) is 0 Å². The topological polar surface area (TPSA) is 60.4 Å². The zero-order valence-electron chi connectivity index (χ0n) is 11.6. The first-order chi connectivity index (χ1) is 8.16. The molecule has 0 saturated heterocycles. The third kappa shape index (κ3) is 3.92. The van der Waals surface area contributed by atoms with Crippen LogP contribution in [0.25, 0.3) is 0 Å². The van der Waals surface area contributed by atoms with Crippen molar-refractivity contribution in [1.29, 1.82) is 0 Å². The summed E-state index contributed by atoms with van der Waals surface area (Å²) >= 11 is 0. The number of hydrogen-bond acceptors (Lipinski definition) is 4. The number of carbonyl (C=O) groups excluding carboxylic acids is 1. The van der Waals surface area contributed by atoms with Gasteiger partial charge in [-0.15, -0.1) is 0 Å². The maximum absolute atomic E-state index is 12.2. The van der Waals surface area contributed by atoms with Crippen molar-refractivity contribution in [3.63, 3.8) is 0 Å². The van der Waals surface area contributed by atoms with Crippen LogP contribution in [0.3, 0.4) is 0 Å². The van der Waals surface area contributed by atoms with Crippen LogP contribution in [-0.4, -0.2) is 27.1 Å². The molecule has 1 atom stereocenters. The second-order valence-electron chi connectivity index (χ2n) is 5.42. The van der Waals surface area contributed by atoms with Crippen LogP contribution in [0.15, 0.2) is 11.1 Å². The first-order valence-corrected chi connectivity index (χ1v) is 8.03. The molecule has 0 aromatic carbocycles. The lowest BCUT2D eigenvalue weighted by molar-refractivity contribution is -0.125. The van der Waals surface area contributed by atoms with Gasteiger partial charge in [0.05, 0.1) is 12.9 Å². The van der Waals surface area contributed by atoms with Gasteiger partial charge in [0.2, 0.25) is 0 Å². The SMILES string of the molecule is CC1=C(C)C(=O)C(C)(CCCOS(C)(=O)=O)CC1. The molecule has 18 heavy (non-hydrogen) atoms. The number of ketones is 1. The smallest absolute Gasteiger partial charge is 0.264 e. The fourth-order valence-corrected chi connectivity index (χ4v) is 2.74. The van der Waals surface area contributed by atoms with E-state index in [-0.39, 0.29) is 17.8 Å². The van der Waals surface area contributed by atoms with Gasteiger partial charge in [-0.05, 0) is 45.1 Å². The summed E-state index contributed by atoms with van der Waals surface area (Å²) in [6.07, 6.45) is 4.08. The highest BCUT2D eigenvalue weighted by Gasteiger charge is 2.36. The van der Waals surface area contributed by atoms with Gasteiger partial charge in [-0.1, -0.05) is 12.5 Å². The van der Waals surface area contributed by atoms with Crippen LogP contribution < -0.4 is 0 Å². The molecule has 0 amide bonds. The van der Waals surface area contributed by atoms with Crippen LogP contribution in [0.1, 0.15) is 46.5 Å². The summed E-state index contributed by atoms with van der Waals surface area (Å²) in [6, 6.07) is 0. The number of allylic oxidation sites excluding steroid dienone is 2. The van der Waals surface area contributed by atoms with E-state index in [1.807, 2.05) is 20.8 Å². The van der Waals surface area contributed by atoms with Gasteiger partial charge in [-0.3, -0.25) is 8.98 Å². The maximum atomic E-state index is 12.2. The van der Waals surface area contributed by atoms with Crippen molar-refractivity contribution >= 4 is 15.9 Å². The van der Waals surface area contributed by atoms with Crippen LogP contribution in [0.2, 0.25) is 0 Å². The number of Topliss-reactive ketones (excluding diaryl/α,β-unsaturated/α-hetero) is 1. The highest BCUT2D eigenvalue weighted by Crippen LogP contribution is 2.39. The van der Waals surface area contributed by atoms with E-state index in [9.17, 15) is 13.2 Å². The molecular formula is C13H22O4S. The molecule has 1 unspecified atom stereocenters. The molecule has 4 nitrogen and oxygen atoms in total. The van der Waals surface area contributed by atoms with Crippen molar-refractivity contribution in [1.82, 2.24) is 0 Å². The van der Waals surface area contributed by atoms with Gasteiger partial charge in [0.1, 0.15) is 0 Å². The van der Waals surface area contributed by atoms with Gasteiger partial charge in [0, 0.05) is 5.41 Å². The zero-order chi connectivity index (χ0) is 14.0. The largest absolute Gasteiger partial charge is 0.294 e. The van der Waals surface area contributed by atoms with Crippen molar-refractivity contribution in [2.45, 2.75) is 46.5 Å². The molecular weight excluding hydrogens is 252 g/mol. The molecule has 0 aromatic heterocycles. The van der Waals surface area contributed by atoms with Crippen molar-refractivity contribution in [3.05, 3.63) is 11.1 Å². The first kappa shape index (κ1) is 15.4. The van der Waals surface area contributed by atoms with Crippen LogP contribution in [0, 0.1) is 5.41 Å². The minimum atomic E-state index is -3.37.